The smallest absolute Gasteiger partial charge is 0.247 e. The van der Waals surface area contributed by atoms with Gasteiger partial charge in [0.25, 0.3) is 0 Å². The number of nitriles is 1. The lowest BCUT2D eigenvalue weighted by Gasteiger charge is -2.34. The molecule has 0 aliphatic carbocycles. The molecule has 2 aliphatic rings. The summed E-state index contributed by atoms with van der Waals surface area (Å²) in [5.74, 6) is -0.849. The second kappa shape index (κ2) is 8.59. The molecule has 0 aromatic heterocycles. The van der Waals surface area contributed by atoms with Gasteiger partial charge < -0.3 is 15.5 Å². The minimum atomic E-state index is -0.806. The van der Waals surface area contributed by atoms with Crippen LogP contribution in [0.5, 0.6) is 0 Å². The van der Waals surface area contributed by atoms with Gasteiger partial charge in [0.15, 0.2) is 5.25 Å². The maximum atomic E-state index is 12.9. The minimum absolute atomic E-state index is 0.115. The summed E-state index contributed by atoms with van der Waals surface area (Å²) in [4.78, 5) is 40.4. The molecule has 0 spiro atoms. The van der Waals surface area contributed by atoms with Crippen LogP contribution >= 0.6 is 11.8 Å². The molecule has 0 bridgehead atoms. The number of hydrogen-bond acceptors (Lipinski definition) is 5. The zero-order valence-corrected chi connectivity index (χ0v) is 16.9. The Bertz CT molecular complexity index is 1040. The highest BCUT2D eigenvalue weighted by Gasteiger charge is 2.37. The molecule has 7 nitrogen and oxygen atoms in total. The van der Waals surface area contributed by atoms with E-state index in [-0.39, 0.29) is 23.6 Å². The van der Waals surface area contributed by atoms with Gasteiger partial charge in [-0.05, 0) is 43.2 Å². The lowest BCUT2D eigenvalue weighted by atomic mass is 9.95. The molecule has 1 fully saturated rings. The first-order chi connectivity index (χ1) is 14.5. The Morgan fingerprint density at radius 2 is 1.90 bits per heavy atom. The third-order valence-corrected chi connectivity index (χ3v) is 6.55. The Morgan fingerprint density at radius 1 is 1.13 bits per heavy atom. The summed E-state index contributed by atoms with van der Waals surface area (Å²) in [5, 5.41) is 13.8. The molecule has 8 heteroatoms. The number of para-hydroxylation sites is 1. The van der Waals surface area contributed by atoms with E-state index >= 15 is 0 Å². The fourth-order valence-electron chi connectivity index (χ4n) is 3.65. The number of fused-ring (bicyclic) bond motifs is 1. The molecule has 0 saturated carbocycles. The normalized spacial score (nSPS) is 18.7. The van der Waals surface area contributed by atoms with Crippen LogP contribution in [0.1, 0.15) is 18.4 Å². The third-order valence-electron chi connectivity index (χ3n) is 5.29. The second-order valence-electron chi connectivity index (χ2n) is 7.26. The minimum Gasteiger partial charge on any atom is -0.341 e. The van der Waals surface area contributed by atoms with Gasteiger partial charge in [-0.2, -0.15) is 5.26 Å². The van der Waals surface area contributed by atoms with Crippen molar-refractivity contribution in [2.75, 3.05) is 23.7 Å². The van der Waals surface area contributed by atoms with E-state index in [1.54, 1.807) is 29.2 Å². The Labute approximate surface area is 178 Å². The van der Waals surface area contributed by atoms with E-state index in [0.717, 1.165) is 10.6 Å². The van der Waals surface area contributed by atoms with Crippen molar-refractivity contribution < 1.29 is 14.4 Å². The van der Waals surface area contributed by atoms with E-state index < -0.39 is 5.25 Å². The van der Waals surface area contributed by atoms with Crippen molar-refractivity contribution in [1.82, 2.24) is 4.90 Å². The molecule has 0 unspecified atom stereocenters. The number of carbonyl (C=O) groups excluding carboxylic acids is 3. The maximum Gasteiger partial charge on any atom is 0.247 e. The lowest BCUT2D eigenvalue weighted by molar-refractivity contribution is -0.136. The number of amides is 3. The number of anilines is 2. The van der Waals surface area contributed by atoms with Crippen LogP contribution in [-0.4, -0.2) is 41.0 Å². The van der Waals surface area contributed by atoms with Crippen LogP contribution in [0.2, 0.25) is 0 Å². The van der Waals surface area contributed by atoms with Crippen molar-refractivity contribution in [3.8, 4) is 6.07 Å². The maximum absolute atomic E-state index is 12.9. The molecular formula is C22H20N4O3S. The first-order valence-corrected chi connectivity index (χ1v) is 10.6. The van der Waals surface area contributed by atoms with Gasteiger partial charge >= 0.3 is 0 Å². The van der Waals surface area contributed by atoms with Crippen LogP contribution in [0.3, 0.4) is 0 Å². The predicted octanol–water partition coefficient (Wildman–Crippen LogP) is 2.85. The topological polar surface area (TPSA) is 102 Å². The molecule has 2 heterocycles. The summed E-state index contributed by atoms with van der Waals surface area (Å²) in [7, 11) is 0. The van der Waals surface area contributed by atoms with Gasteiger partial charge in [0.1, 0.15) is 0 Å². The molecule has 2 N–H and O–H groups in total. The average Bonchev–Trinajstić information content (AvgIpc) is 2.78. The zero-order valence-electron chi connectivity index (χ0n) is 16.1. The number of piperidine rings is 1. The van der Waals surface area contributed by atoms with Crippen LogP contribution in [0.15, 0.2) is 53.4 Å². The quantitative estimate of drug-likeness (QED) is 0.744. The summed E-state index contributed by atoms with van der Waals surface area (Å²) in [6.07, 6.45) is 1.07. The number of nitrogens with one attached hydrogen (secondary N) is 2. The van der Waals surface area contributed by atoms with Gasteiger partial charge in [-0.25, -0.2) is 0 Å². The van der Waals surface area contributed by atoms with Crippen LogP contribution in [-0.2, 0) is 14.4 Å². The number of carbonyl (C=O) groups is 3. The molecule has 30 heavy (non-hydrogen) atoms. The largest absolute Gasteiger partial charge is 0.341 e. The fraction of sp³-hybridized carbons (Fsp3) is 0.273. The molecule has 0 radical (unpaired) electrons. The number of nitrogens with zero attached hydrogens (tertiary/aromatic N) is 2. The highest BCUT2D eigenvalue weighted by atomic mass is 32.2. The van der Waals surface area contributed by atoms with Gasteiger partial charge in [-0.3, -0.25) is 14.4 Å². The first-order valence-electron chi connectivity index (χ1n) is 9.71. The number of thioether (sulfide) groups is 1. The molecule has 3 amide bonds. The van der Waals surface area contributed by atoms with Crippen LogP contribution in [0.4, 0.5) is 11.4 Å². The summed E-state index contributed by atoms with van der Waals surface area (Å²) in [6, 6.07) is 16.2. The Hall–Kier alpha value is -3.31. The number of likely N-dealkylation sites (tertiary alicyclic amines) is 1. The van der Waals surface area contributed by atoms with E-state index in [4.69, 9.17) is 5.26 Å². The van der Waals surface area contributed by atoms with E-state index in [0.29, 0.717) is 37.2 Å². The molecule has 4 rings (SSSR count). The zero-order chi connectivity index (χ0) is 21.1. The van der Waals surface area contributed by atoms with Crippen molar-refractivity contribution in [3.05, 3.63) is 54.1 Å². The molecule has 152 valence electrons. The van der Waals surface area contributed by atoms with E-state index in [1.807, 2.05) is 30.3 Å². The first kappa shape index (κ1) is 20.0. The molecule has 2 aliphatic heterocycles. The highest BCUT2D eigenvalue weighted by Crippen LogP contribution is 2.36. The average molecular weight is 420 g/mol. The van der Waals surface area contributed by atoms with Crippen molar-refractivity contribution in [1.29, 1.82) is 5.26 Å². The Morgan fingerprint density at radius 3 is 2.67 bits per heavy atom. The van der Waals surface area contributed by atoms with Crippen LogP contribution < -0.4 is 10.6 Å². The molecular weight excluding hydrogens is 400 g/mol. The van der Waals surface area contributed by atoms with Gasteiger partial charge in [-0.15, -0.1) is 11.8 Å². The van der Waals surface area contributed by atoms with E-state index in [1.165, 1.54) is 11.8 Å². The van der Waals surface area contributed by atoms with E-state index in [9.17, 15) is 14.4 Å². The lowest BCUT2D eigenvalue weighted by Crippen LogP contribution is -2.48. The SMILES string of the molecule is N#Cc1cccc(NC(=O)C2CCN(C(=O)[C@H]3Sc4ccccc4NC3=O)CC2)c1. The second-order valence-corrected chi connectivity index (χ2v) is 8.41. The van der Waals surface area contributed by atoms with E-state index in [2.05, 4.69) is 10.6 Å². The van der Waals surface area contributed by atoms with Gasteiger partial charge in [0.2, 0.25) is 17.7 Å². The monoisotopic (exact) mass is 420 g/mol. The molecule has 2 aromatic rings. The number of rotatable bonds is 3. The summed E-state index contributed by atoms with van der Waals surface area (Å²) >= 11 is 1.27. The molecule has 1 atom stereocenters. The fourth-order valence-corrected chi connectivity index (χ4v) is 4.73. The number of benzene rings is 2. The van der Waals surface area contributed by atoms with Crippen molar-refractivity contribution in [2.24, 2.45) is 5.92 Å². The molecule has 1 saturated heterocycles. The van der Waals surface area contributed by atoms with Gasteiger partial charge in [-0.1, -0.05) is 18.2 Å². The number of hydrogen-bond donors (Lipinski definition) is 2. The summed E-state index contributed by atoms with van der Waals surface area (Å²) in [6.45, 7) is 0.863. The summed E-state index contributed by atoms with van der Waals surface area (Å²) < 4.78 is 0. The standard InChI is InChI=1S/C22H20N4O3S/c23-13-14-4-3-5-16(12-14)24-20(27)15-8-10-26(11-9-15)22(29)19-21(28)25-17-6-1-2-7-18(17)30-19/h1-7,12,15,19H,8-11H2,(H,24,27)(H,25,28)/t19-/m0/s1. The van der Waals surface area contributed by atoms with Gasteiger partial charge in [0.05, 0.1) is 17.3 Å². The third kappa shape index (κ3) is 4.16. The predicted molar refractivity (Wildman–Crippen MR) is 114 cm³/mol. The highest BCUT2D eigenvalue weighted by molar-refractivity contribution is 8.01. The summed E-state index contributed by atoms with van der Waals surface area (Å²) in [5.41, 5.74) is 1.80. The Balaban J connectivity index is 1.34. The van der Waals surface area contributed by atoms with Crippen LogP contribution in [0, 0.1) is 17.2 Å². The van der Waals surface area contributed by atoms with Crippen molar-refractivity contribution >= 4 is 40.9 Å². The Kier molecular flexibility index (Phi) is 5.72. The molecule has 2 aromatic carbocycles. The van der Waals surface area contributed by atoms with Crippen molar-refractivity contribution in [3.63, 3.8) is 0 Å². The van der Waals surface area contributed by atoms with Gasteiger partial charge in [0, 0.05) is 29.6 Å². The van der Waals surface area contributed by atoms with Crippen molar-refractivity contribution in [2.45, 2.75) is 23.0 Å². The van der Waals surface area contributed by atoms with Crippen LogP contribution in [0.25, 0.3) is 0 Å².